The number of hydrogen-bond acceptors (Lipinski definition) is 5. The van der Waals surface area contributed by atoms with Gasteiger partial charge in [0.05, 0.1) is 5.75 Å². The van der Waals surface area contributed by atoms with Gasteiger partial charge in [-0.05, 0) is 61.4 Å². The lowest BCUT2D eigenvalue weighted by Crippen LogP contribution is -2.57. The Kier molecular flexibility index (Phi) is 9.26. The van der Waals surface area contributed by atoms with E-state index in [9.17, 15) is 31.9 Å². The molecule has 9 nitrogen and oxygen atoms in total. The van der Waals surface area contributed by atoms with Crippen LogP contribution < -0.4 is 16.0 Å². The Bertz CT molecular complexity index is 1450. The SMILES string of the molecule is O=C(O)NC(C(=O)Nc1cccc(F)c1CCC1CNC2CCCS(=O)(=O)N1C2)C(c1ccc(Cl)cc1)C1CC(F)(F)C1. The lowest BCUT2D eigenvalue weighted by molar-refractivity contribution is -0.130. The highest BCUT2D eigenvalue weighted by Gasteiger charge is 2.52. The van der Waals surface area contributed by atoms with Crippen molar-refractivity contribution in [3.8, 4) is 0 Å². The van der Waals surface area contributed by atoms with Gasteiger partial charge in [0, 0.05) is 60.2 Å². The number of nitrogens with zero attached hydrogens (tertiary/aromatic N) is 1. The van der Waals surface area contributed by atoms with Crippen molar-refractivity contribution in [1.82, 2.24) is 14.9 Å². The Hall–Kier alpha value is -2.87. The first-order valence-electron chi connectivity index (χ1n) is 14.3. The summed E-state index contributed by atoms with van der Waals surface area (Å²) in [5.74, 6) is -5.97. The summed E-state index contributed by atoms with van der Waals surface area (Å²) in [6.45, 7) is 0.766. The molecule has 5 atom stereocenters. The van der Waals surface area contributed by atoms with Gasteiger partial charge in [-0.3, -0.25) is 4.79 Å². The number of nitrogens with one attached hydrogen (secondary N) is 3. The minimum absolute atomic E-state index is 0.0579. The van der Waals surface area contributed by atoms with Crippen molar-refractivity contribution in [2.24, 2.45) is 5.92 Å². The number of carbonyl (C=O) groups excluding carboxylic acids is 1. The van der Waals surface area contributed by atoms with Crippen LogP contribution in [-0.2, 0) is 21.2 Å². The van der Waals surface area contributed by atoms with Crippen molar-refractivity contribution < 1.29 is 36.3 Å². The van der Waals surface area contributed by atoms with E-state index in [2.05, 4.69) is 16.0 Å². The van der Waals surface area contributed by atoms with Crippen LogP contribution in [0.2, 0.25) is 5.02 Å². The molecule has 3 aliphatic rings. The topological polar surface area (TPSA) is 128 Å². The van der Waals surface area contributed by atoms with Crippen LogP contribution in [-0.4, -0.2) is 72.7 Å². The van der Waals surface area contributed by atoms with Crippen molar-refractivity contribution in [2.45, 2.75) is 68.5 Å². The van der Waals surface area contributed by atoms with E-state index in [1.165, 1.54) is 34.6 Å². The van der Waals surface area contributed by atoms with Gasteiger partial charge >= 0.3 is 6.09 Å². The first-order valence-corrected chi connectivity index (χ1v) is 16.3. The number of rotatable bonds is 9. The van der Waals surface area contributed by atoms with Gasteiger partial charge in [0.25, 0.3) is 0 Å². The lowest BCUT2D eigenvalue weighted by Gasteiger charge is -2.43. The van der Waals surface area contributed by atoms with Crippen LogP contribution in [0.3, 0.4) is 0 Å². The van der Waals surface area contributed by atoms with E-state index in [0.717, 1.165) is 6.42 Å². The van der Waals surface area contributed by atoms with E-state index in [-0.39, 0.29) is 35.9 Å². The van der Waals surface area contributed by atoms with E-state index >= 15 is 4.39 Å². The van der Waals surface area contributed by atoms with Crippen LogP contribution in [0.15, 0.2) is 42.5 Å². The zero-order valence-corrected chi connectivity index (χ0v) is 24.8. The Balaban J connectivity index is 1.38. The number of hydrogen-bond donors (Lipinski definition) is 4. The van der Waals surface area contributed by atoms with Gasteiger partial charge in [-0.1, -0.05) is 29.8 Å². The second kappa shape index (κ2) is 12.6. The van der Waals surface area contributed by atoms with Crippen molar-refractivity contribution in [2.75, 3.05) is 24.2 Å². The summed E-state index contributed by atoms with van der Waals surface area (Å²) in [7, 11) is -3.46. The van der Waals surface area contributed by atoms with Crippen molar-refractivity contribution in [1.29, 1.82) is 0 Å². The van der Waals surface area contributed by atoms with E-state index < -0.39 is 70.5 Å². The standard InChI is InChI=1S/C29H34ClF3N4O5S/c30-19-8-6-17(7-9-19)25(18-13-29(32,33)14-18)26(36-28(39)40)27(38)35-24-5-1-4-23(31)22(24)11-10-21-15-34-20-3-2-12-43(41,42)37(21)16-20/h1,4-9,18,20-21,25-26,34,36H,2-3,10-16H2,(H,35,38)(H,39,40). The number of benzene rings is 2. The molecule has 4 N–H and O–H groups in total. The first kappa shape index (κ1) is 31.6. The molecular formula is C29H34ClF3N4O5S. The molecule has 2 heterocycles. The third-order valence-electron chi connectivity index (χ3n) is 8.67. The lowest BCUT2D eigenvalue weighted by atomic mass is 9.67. The smallest absolute Gasteiger partial charge is 0.405 e. The molecule has 234 valence electrons. The van der Waals surface area contributed by atoms with Gasteiger partial charge in [0.1, 0.15) is 11.9 Å². The van der Waals surface area contributed by atoms with Gasteiger partial charge in [0.15, 0.2) is 0 Å². The molecule has 0 spiro atoms. The summed E-state index contributed by atoms with van der Waals surface area (Å²) < 4.78 is 70.3. The van der Waals surface area contributed by atoms with E-state index in [1.807, 2.05) is 0 Å². The van der Waals surface area contributed by atoms with Crippen molar-refractivity contribution in [3.05, 3.63) is 64.4 Å². The fraction of sp³-hybridized carbons (Fsp3) is 0.517. The number of sulfonamides is 1. The minimum atomic E-state index is -3.46. The number of fused-ring (bicyclic) bond motifs is 2. The van der Waals surface area contributed by atoms with Crippen LogP contribution in [0.25, 0.3) is 0 Å². The Morgan fingerprint density at radius 2 is 1.88 bits per heavy atom. The molecule has 0 radical (unpaired) electrons. The molecule has 2 aromatic rings. The van der Waals surface area contributed by atoms with Gasteiger partial charge in [-0.2, -0.15) is 4.31 Å². The normalized spacial score (nSPS) is 25.9. The molecule has 14 heteroatoms. The minimum Gasteiger partial charge on any atom is -0.465 e. The second-order valence-corrected chi connectivity index (χ2v) is 14.1. The van der Waals surface area contributed by atoms with Gasteiger partial charge in [-0.25, -0.2) is 26.4 Å². The summed E-state index contributed by atoms with van der Waals surface area (Å²) >= 11 is 6.01. The second-order valence-electron chi connectivity index (χ2n) is 11.6. The number of alkyl halides is 2. The monoisotopic (exact) mass is 642 g/mol. The molecule has 2 aliphatic heterocycles. The molecule has 5 unspecified atom stereocenters. The molecule has 2 amide bonds. The Morgan fingerprint density at radius 3 is 2.56 bits per heavy atom. The number of carbonyl (C=O) groups is 2. The first-order chi connectivity index (χ1) is 20.3. The largest absolute Gasteiger partial charge is 0.465 e. The fourth-order valence-electron chi connectivity index (χ4n) is 6.53. The molecule has 5 rings (SSSR count). The van der Waals surface area contributed by atoms with Crippen LogP contribution in [0.4, 0.5) is 23.7 Å². The zero-order valence-electron chi connectivity index (χ0n) is 23.2. The summed E-state index contributed by atoms with van der Waals surface area (Å²) in [6, 6.07) is 8.49. The number of anilines is 1. The maximum atomic E-state index is 15.2. The van der Waals surface area contributed by atoms with Crippen LogP contribution in [0.5, 0.6) is 0 Å². The summed E-state index contributed by atoms with van der Waals surface area (Å²) in [6.07, 6.45) is -0.868. The number of carboxylic acid groups (broad SMARTS) is 1. The maximum absolute atomic E-state index is 15.2. The molecular weight excluding hydrogens is 609 g/mol. The molecule has 2 bridgehead atoms. The highest BCUT2D eigenvalue weighted by molar-refractivity contribution is 7.89. The van der Waals surface area contributed by atoms with Crippen LogP contribution >= 0.6 is 11.6 Å². The van der Waals surface area contributed by atoms with Gasteiger partial charge in [-0.15, -0.1) is 0 Å². The molecule has 2 saturated heterocycles. The number of amides is 2. The average molecular weight is 643 g/mol. The van der Waals surface area contributed by atoms with Gasteiger partial charge < -0.3 is 21.1 Å². The van der Waals surface area contributed by atoms with Crippen molar-refractivity contribution >= 4 is 39.3 Å². The fourth-order valence-corrected chi connectivity index (χ4v) is 8.46. The highest BCUT2D eigenvalue weighted by atomic mass is 35.5. The predicted octanol–water partition coefficient (Wildman–Crippen LogP) is 4.58. The predicted molar refractivity (Wildman–Crippen MR) is 155 cm³/mol. The zero-order chi connectivity index (χ0) is 30.9. The summed E-state index contributed by atoms with van der Waals surface area (Å²) in [4.78, 5) is 25.5. The third kappa shape index (κ3) is 7.27. The highest BCUT2D eigenvalue weighted by Crippen LogP contribution is 2.50. The maximum Gasteiger partial charge on any atom is 0.405 e. The van der Waals surface area contributed by atoms with Crippen molar-refractivity contribution in [3.63, 3.8) is 0 Å². The molecule has 43 heavy (non-hydrogen) atoms. The van der Waals surface area contributed by atoms with E-state index in [1.54, 1.807) is 12.1 Å². The average Bonchev–Trinajstić information content (AvgIpc) is 3.03. The molecule has 2 aromatic carbocycles. The Morgan fingerprint density at radius 1 is 1.16 bits per heavy atom. The van der Waals surface area contributed by atoms with Crippen LogP contribution in [0.1, 0.15) is 49.1 Å². The van der Waals surface area contributed by atoms with E-state index in [4.69, 9.17) is 11.6 Å². The summed E-state index contributed by atoms with van der Waals surface area (Å²) in [5.41, 5.74) is 0.689. The quantitative estimate of drug-likeness (QED) is 0.317. The molecule has 3 fully saturated rings. The molecule has 1 saturated carbocycles. The third-order valence-corrected chi connectivity index (χ3v) is 10.9. The van der Waals surface area contributed by atoms with Crippen LogP contribution in [0, 0.1) is 11.7 Å². The summed E-state index contributed by atoms with van der Waals surface area (Å²) in [5, 5.41) is 18.2. The van der Waals surface area contributed by atoms with E-state index in [0.29, 0.717) is 30.1 Å². The number of piperazine rings is 1. The molecule has 0 aromatic heterocycles. The molecule has 1 aliphatic carbocycles. The van der Waals surface area contributed by atoms with Gasteiger partial charge in [0.2, 0.25) is 21.9 Å². The Labute approximate surface area is 253 Å². The number of halogens is 4.